The summed E-state index contributed by atoms with van der Waals surface area (Å²) < 4.78 is 2.30. The zero-order valence-electron chi connectivity index (χ0n) is 26.1. The normalized spacial score (nSPS) is 11.8. The lowest BCUT2D eigenvalue weighted by Crippen LogP contribution is -2.10. The molecule has 0 fully saturated rings. The molecule has 0 saturated heterocycles. The minimum atomic E-state index is 0.997. The zero-order chi connectivity index (χ0) is 31.6. The Morgan fingerprint density at radius 1 is 0.396 bits per heavy atom. The fourth-order valence-corrected chi connectivity index (χ4v) is 7.45. The van der Waals surface area contributed by atoms with Gasteiger partial charge in [-0.05, 0) is 99.4 Å². The molecule has 0 saturated carbocycles. The lowest BCUT2D eigenvalue weighted by molar-refractivity contribution is 1.30. The lowest BCUT2D eigenvalue weighted by atomic mass is 9.97. The van der Waals surface area contributed by atoms with Crippen molar-refractivity contribution < 1.29 is 0 Å². The van der Waals surface area contributed by atoms with Gasteiger partial charge in [-0.1, -0.05) is 109 Å². The Bertz CT molecular complexity index is 2840. The van der Waals surface area contributed by atoms with Crippen molar-refractivity contribution in [2.24, 2.45) is 0 Å². The molecule has 0 aliphatic carbocycles. The number of pyridine rings is 1. The van der Waals surface area contributed by atoms with Crippen LogP contribution < -0.4 is 4.90 Å². The second-order valence-electron chi connectivity index (χ2n) is 12.5. The van der Waals surface area contributed by atoms with Crippen LogP contribution >= 0.6 is 0 Å². The highest BCUT2D eigenvalue weighted by atomic mass is 15.1. The Morgan fingerprint density at radius 2 is 1.08 bits per heavy atom. The molecule has 2 heterocycles. The summed E-state index contributed by atoms with van der Waals surface area (Å²) in [7, 11) is 0. The molecule has 0 spiro atoms. The summed E-state index contributed by atoms with van der Waals surface area (Å²) in [5.41, 5.74) is 10.1. The summed E-state index contributed by atoms with van der Waals surface area (Å²) in [5.74, 6) is 0. The molecule has 10 rings (SSSR count). The van der Waals surface area contributed by atoms with E-state index < -0.39 is 0 Å². The third kappa shape index (κ3) is 4.11. The van der Waals surface area contributed by atoms with Crippen LogP contribution in [-0.4, -0.2) is 9.38 Å². The summed E-state index contributed by atoms with van der Waals surface area (Å²) in [6, 6.07) is 63.3. The van der Waals surface area contributed by atoms with Crippen LogP contribution in [0.25, 0.3) is 71.0 Å². The number of para-hydroxylation sites is 4. The molecule has 0 N–H and O–H groups in total. The van der Waals surface area contributed by atoms with Crippen LogP contribution in [0.2, 0.25) is 0 Å². The summed E-state index contributed by atoms with van der Waals surface area (Å²) in [6.45, 7) is 0. The molecule has 0 aliphatic rings. The van der Waals surface area contributed by atoms with Gasteiger partial charge in [0.05, 0.1) is 22.2 Å². The van der Waals surface area contributed by atoms with Gasteiger partial charge in [0.25, 0.3) is 0 Å². The van der Waals surface area contributed by atoms with Gasteiger partial charge in [-0.3, -0.25) is 4.40 Å². The molecule has 224 valence electrons. The van der Waals surface area contributed by atoms with E-state index in [4.69, 9.17) is 4.98 Å². The number of aromatic nitrogens is 2. The molecule has 0 atom stereocenters. The van der Waals surface area contributed by atoms with Crippen LogP contribution in [0.4, 0.5) is 17.1 Å². The first-order chi connectivity index (χ1) is 23.8. The summed E-state index contributed by atoms with van der Waals surface area (Å²) in [5, 5.41) is 8.47. The van der Waals surface area contributed by atoms with Crippen molar-refractivity contribution in [2.75, 3.05) is 4.90 Å². The van der Waals surface area contributed by atoms with Crippen LogP contribution in [0.3, 0.4) is 0 Å². The standard InChI is InChI=1S/C45H29N3/c1-2-13-35(14-3-1)47(42-20-10-12-30-11-4-5-15-37(30)42)36-25-23-32-27-31(21-22-33(32)28-36)34-24-26-39-40(29-34)38-16-6-8-18-43(38)48-44-19-9-7-17-41(44)46-45(39)48/h1-29H. The fraction of sp³-hybridized carbons (Fsp3) is 0. The molecule has 48 heavy (non-hydrogen) atoms. The molecular weight excluding hydrogens is 583 g/mol. The van der Waals surface area contributed by atoms with Gasteiger partial charge < -0.3 is 4.90 Å². The number of hydrogen-bond donors (Lipinski definition) is 0. The number of hydrogen-bond acceptors (Lipinski definition) is 2. The van der Waals surface area contributed by atoms with Crippen molar-refractivity contribution in [3.05, 3.63) is 176 Å². The zero-order valence-corrected chi connectivity index (χ0v) is 26.1. The van der Waals surface area contributed by atoms with Crippen molar-refractivity contribution in [3.8, 4) is 11.1 Å². The SMILES string of the molecule is c1ccc(N(c2ccc3cc(-c4ccc5c(c4)c4ccccc4n4c6ccccc6nc54)ccc3c2)c2cccc3ccccc23)cc1. The van der Waals surface area contributed by atoms with Crippen molar-refractivity contribution in [2.45, 2.75) is 0 Å². The maximum Gasteiger partial charge on any atom is 0.146 e. The first-order valence-corrected chi connectivity index (χ1v) is 16.4. The van der Waals surface area contributed by atoms with Gasteiger partial charge in [0.15, 0.2) is 0 Å². The number of fused-ring (bicyclic) bond motifs is 10. The lowest BCUT2D eigenvalue weighted by Gasteiger charge is -2.27. The van der Waals surface area contributed by atoms with Crippen molar-refractivity contribution in [1.82, 2.24) is 9.38 Å². The van der Waals surface area contributed by atoms with Crippen LogP contribution in [0.15, 0.2) is 176 Å². The van der Waals surface area contributed by atoms with Gasteiger partial charge in [0.1, 0.15) is 5.65 Å². The van der Waals surface area contributed by atoms with Crippen LogP contribution in [0.5, 0.6) is 0 Å². The summed E-state index contributed by atoms with van der Waals surface area (Å²) in [6.07, 6.45) is 0. The molecule has 10 aromatic rings. The first-order valence-electron chi connectivity index (χ1n) is 16.4. The molecule has 0 bridgehead atoms. The maximum absolute atomic E-state index is 5.08. The largest absolute Gasteiger partial charge is 0.310 e. The summed E-state index contributed by atoms with van der Waals surface area (Å²) >= 11 is 0. The molecule has 3 nitrogen and oxygen atoms in total. The third-order valence-electron chi connectivity index (χ3n) is 9.69. The van der Waals surface area contributed by atoms with Gasteiger partial charge in [0, 0.05) is 27.5 Å². The molecule has 0 unspecified atom stereocenters. The van der Waals surface area contributed by atoms with E-state index in [2.05, 4.69) is 185 Å². The van der Waals surface area contributed by atoms with Gasteiger partial charge >= 0.3 is 0 Å². The molecule has 0 radical (unpaired) electrons. The van der Waals surface area contributed by atoms with Crippen LogP contribution in [0, 0.1) is 0 Å². The predicted octanol–water partition coefficient (Wildman–Crippen LogP) is 12.2. The van der Waals surface area contributed by atoms with E-state index in [-0.39, 0.29) is 0 Å². The van der Waals surface area contributed by atoms with Gasteiger partial charge in [-0.15, -0.1) is 0 Å². The second kappa shape index (κ2) is 10.5. The molecule has 0 aliphatic heterocycles. The highest BCUT2D eigenvalue weighted by Gasteiger charge is 2.17. The Labute approximate surface area is 277 Å². The first kappa shape index (κ1) is 26.7. The molecule has 2 aromatic heterocycles. The number of rotatable bonds is 4. The quantitative estimate of drug-likeness (QED) is 0.185. The predicted molar refractivity (Wildman–Crippen MR) is 203 cm³/mol. The van der Waals surface area contributed by atoms with E-state index in [1.807, 2.05) is 0 Å². The third-order valence-corrected chi connectivity index (χ3v) is 9.69. The molecule has 8 aromatic carbocycles. The molecule has 0 amide bonds. The maximum atomic E-state index is 5.08. The average Bonchev–Trinajstić information content (AvgIpc) is 3.55. The smallest absolute Gasteiger partial charge is 0.146 e. The van der Waals surface area contributed by atoms with Gasteiger partial charge in [-0.25, -0.2) is 4.98 Å². The van der Waals surface area contributed by atoms with Crippen LogP contribution in [-0.2, 0) is 0 Å². The van der Waals surface area contributed by atoms with E-state index >= 15 is 0 Å². The van der Waals surface area contributed by atoms with E-state index in [1.54, 1.807) is 0 Å². The van der Waals surface area contributed by atoms with E-state index in [1.165, 1.54) is 49.0 Å². The van der Waals surface area contributed by atoms with Crippen molar-refractivity contribution >= 4 is 77.0 Å². The van der Waals surface area contributed by atoms with Crippen molar-refractivity contribution in [3.63, 3.8) is 0 Å². The topological polar surface area (TPSA) is 20.5 Å². The van der Waals surface area contributed by atoms with Crippen LogP contribution in [0.1, 0.15) is 0 Å². The average molecular weight is 612 g/mol. The highest BCUT2D eigenvalue weighted by Crippen LogP contribution is 2.41. The number of benzene rings is 8. The van der Waals surface area contributed by atoms with Crippen molar-refractivity contribution in [1.29, 1.82) is 0 Å². The van der Waals surface area contributed by atoms with E-state index in [0.29, 0.717) is 0 Å². The van der Waals surface area contributed by atoms with Gasteiger partial charge in [0.2, 0.25) is 0 Å². The number of nitrogens with zero attached hydrogens (tertiary/aromatic N) is 3. The fourth-order valence-electron chi connectivity index (χ4n) is 7.45. The highest BCUT2D eigenvalue weighted by molar-refractivity contribution is 6.15. The Morgan fingerprint density at radius 3 is 2.00 bits per heavy atom. The summed E-state index contributed by atoms with van der Waals surface area (Å²) in [4.78, 5) is 7.44. The van der Waals surface area contributed by atoms with E-state index in [9.17, 15) is 0 Å². The Kier molecular flexibility index (Phi) is 5.87. The van der Waals surface area contributed by atoms with Gasteiger partial charge in [-0.2, -0.15) is 0 Å². The Hall–Kier alpha value is -6.45. The minimum absolute atomic E-state index is 0.997. The second-order valence-corrected chi connectivity index (χ2v) is 12.5. The monoisotopic (exact) mass is 611 g/mol. The number of anilines is 3. The number of imidazole rings is 1. The minimum Gasteiger partial charge on any atom is -0.310 e. The molecule has 3 heteroatoms. The van der Waals surface area contributed by atoms with E-state index in [0.717, 1.165) is 39.1 Å². The Balaban J connectivity index is 1.11. The molecular formula is C45H29N3.